The predicted octanol–water partition coefficient (Wildman–Crippen LogP) is 2.11. The van der Waals surface area contributed by atoms with Gasteiger partial charge in [0.15, 0.2) is 0 Å². The molecule has 1 aliphatic carbocycles. The molecule has 0 aromatic rings. The molecule has 1 aliphatic rings. The Hall–Kier alpha value is -0.890. The van der Waals surface area contributed by atoms with Crippen molar-refractivity contribution in [3.05, 3.63) is 23.8 Å². The van der Waals surface area contributed by atoms with Crippen molar-refractivity contribution in [2.45, 2.75) is 19.8 Å². The summed E-state index contributed by atoms with van der Waals surface area (Å²) in [7, 11) is 1.73. The molecular formula is C10H16O2. The Kier molecular flexibility index (Phi) is 7.60. The molecule has 0 unspecified atom stereocenters. The lowest BCUT2D eigenvalue weighted by Crippen LogP contribution is -1.93. The van der Waals surface area contributed by atoms with Crippen molar-refractivity contribution in [2.24, 2.45) is 0 Å². The Morgan fingerprint density at radius 1 is 1.58 bits per heavy atom. The van der Waals surface area contributed by atoms with E-state index < -0.39 is 0 Å². The van der Waals surface area contributed by atoms with Gasteiger partial charge in [0.25, 0.3) is 0 Å². The first-order valence-electron chi connectivity index (χ1n) is 4.09. The highest BCUT2D eigenvalue weighted by Gasteiger charge is 1.93. The van der Waals surface area contributed by atoms with Crippen LogP contribution in [0.25, 0.3) is 0 Å². The summed E-state index contributed by atoms with van der Waals surface area (Å²) >= 11 is 0. The molecular weight excluding hydrogens is 152 g/mol. The first-order chi connectivity index (χ1) is 5.85. The number of allylic oxidation sites excluding steroid dienone is 2. The minimum absolute atomic E-state index is 0.750. The Bertz CT molecular complexity index is 169. The van der Waals surface area contributed by atoms with Gasteiger partial charge >= 0.3 is 0 Å². The maximum Gasteiger partial charge on any atom is 0.116 e. The molecule has 0 aromatic heterocycles. The van der Waals surface area contributed by atoms with Crippen LogP contribution in [-0.2, 0) is 9.53 Å². The van der Waals surface area contributed by atoms with Crippen molar-refractivity contribution in [3.63, 3.8) is 0 Å². The van der Waals surface area contributed by atoms with Crippen LogP contribution in [0.3, 0.4) is 0 Å². The van der Waals surface area contributed by atoms with E-state index in [1.54, 1.807) is 7.11 Å². The molecule has 0 fully saturated rings. The molecule has 0 aliphatic heterocycles. The Balaban J connectivity index is 0.000000354. The molecule has 2 nitrogen and oxygen atoms in total. The zero-order chi connectivity index (χ0) is 9.23. The van der Waals surface area contributed by atoms with E-state index in [0.29, 0.717) is 0 Å². The van der Waals surface area contributed by atoms with Crippen molar-refractivity contribution in [1.29, 1.82) is 0 Å². The van der Waals surface area contributed by atoms with Crippen molar-refractivity contribution >= 4 is 6.29 Å². The Morgan fingerprint density at radius 3 is 2.67 bits per heavy atom. The molecule has 0 heterocycles. The van der Waals surface area contributed by atoms with Gasteiger partial charge in [-0.1, -0.05) is 18.2 Å². The van der Waals surface area contributed by atoms with Crippen LogP contribution in [0.1, 0.15) is 19.8 Å². The number of hydrogen-bond acceptors (Lipinski definition) is 2. The molecule has 2 heteroatoms. The Morgan fingerprint density at radius 2 is 2.25 bits per heavy atom. The fraction of sp³-hybridized carbons (Fsp3) is 0.500. The van der Waals surface area contributed by atoms with Gasteiger partial charge in [-0.3, -0.25) is 0 Å². The van der Waals surface area contributed by atoms with Crippen LogP contribution in [0.15, 0.2) is 23.8 Å². The second-order valence-electron chi connectivity index (χ2n) is 2.43. The molecule has 1 rings (SSSR count). The topological polar surface area (TPSA) is 26.3 Å². The second kappa shape index (κ2) is 8.21. The average Bonchev–Trinajstić information content (AvgIpc) is 2.08. The van der Waals surface area contributed by atoms with Crippen LogP contribution in [0.2, 0.25) is 0 Å². The molecule has 0 radical (unpaired) electrons. The van der Waals surface area contributed by atoms with Crippen LogP contribution in [0.4, 0.5) is 0 Å². The third kappa shape index (κ3) is 5.86. The average molecular weight is 168 g/mol. The van der Waals surface area contributed by atoms with Gasteiger partial charge in [-0.25, -0.2) is 0 Å². The standard InChI is InChI=1S/C8H12O.C2H4O/c1-9-7-8-5-3-2-4-6-8;1-2-3/h3,5-6H,2,4,7H2,1H3;2H,1H3. The van der Waals surface area contributed by atoms with Crippen LogP contribution in [0, 0.1) is 0 Å². The van der Waals surface area contributed by atoms with Crippen LogP contribution >= 0.6 is 0 Å². The maximum absolute atomic E-state index is 8.81. The van der Waals surface area contributed by atoms with E-state index in [9.17, 15) is 0 Å². The number of ether oxygens (including phenoxy) is 1. The highest BCUT2D eigenvalue weighted by Crippen LogP contribution is 2.08. The third-order valence-electron chi connectivity index (χ3n) is 1.38. The first-order valence-corrected chi connectivity index (χ1v) is 4.09. The fourth-order valence-electron chi connectivity index (χ4n) is 0.941. The monoisotopic (exact) mass is 168 g/mol. The number of hydrogen-bond donors (Lipinski definition) is 0. The summed E-state index contributed by atoms with van der Waals surface area (Å²) in [4.78, 5) is 8.81. The van der Waals surface area contributed by atoms with Crippen molar-refractivity contribution in [2.75, 3.05) is 13.7 Å². The predicted molar refractivity (Wildman–Crippen MR) is 50.1 cm³/mol. The van der Waals surface area contributed by atoms with Crippen molar-refractivity contribution < 1.29 is 9.53 Å². The summed E-state index contributed by atoms with van der Waals surface area (Å²) in [6.07, 6.45) is 9.66. The first kappa shape index (κ1) is 11.1. The number of aldehydes is 1. The largest absolute Gasteiger partial charge is 0.380 e. The molecule has 0 saturated heterocycles. The number of methoxy groups -OCH3 is 1. The van der Waals surface area contributed by atoms with Gasteiger partial charge in [0.2, 0.25) is 0 Å². The van der Waals surface area contributed by atoms with Gasteiger partial charge in [0.05, 0.1) is 6.61 Å². The van der Waals surface area contributed by atoms with E-state index in [0.717, 1.165) is 12.9 Å². The van der Waals surface area contributed by atoms with Gasteiger partial charge in [0.1, 0.15) is 6.29 Å². The number of carbonyl (C=O) groups excluding carboxylic acids is 1. The molecule has 0 atom stereocenters. The van der Waals surface area contributed by atoms with E-state index in [1.807, 2.05) is 0 Å². The third-order valence-corrected chi connectivity index (χ3v) is 1.38. The lowest BCUT2D eigenvalue weighted by molar-refractivity contribution is -0.106. The van der Waals surface area contributed by atoms with E-state index >= 15 is 0 Å². The van der Waals surface area contributed by atoms with Gasteiger partial charge in [-0.15, -0.1) is 0 Å². The van der Waals surface area contributed by atoms with Gasteiger partial charge in [-0.2, -0.15) is 0 Å². The zero-order valence-electron chi connectivity index (χ0n) is 7.75. The van der Waals surface area contributed by atoms with Crippen molar-refractivity contribution in [3.8, 4) is 0 Å². The lowest BCUT2D eigenvalue weighted by Gasteiger charge is -2.03. The van der Waals surface area contributed by atoms with Crippen molar-refractivity contribution in [1.82, 2.24) is 0 Å². The molecule has 0 aromatic carbocycles. The summed E-state index contributed by atoms with van der Waals surface area (Å²) in [6, 6.07) is 0. The van der Waals surface area contributed by atoms with Gasteiger partial charge in [-0.05, 0) is 25.3 Å². The van der Waals surface area contributed by atoms with Gasteiger partial charge in [0, 0.05) is 7.11 Å². The summed E-state index contributed by atoms with van der Waals surface area (Å²) in [5.41, 5.74) is 1.31. The van der Waals surface area contributed by atoms with Crippen LogP contribution < -0.4 is 0 Å². The number of carbonyl (C=O) groups is 1. The van der Waals surface area contributed by atoms with E-state index in [1.165, 1.54) is 25.3 Å². The smallest absolute Gasteiger partial charge is 0.116 e. The van der Waals surface area contributed by atoms with E-state index in [-0.39, 0.29) is 0 Å². The van der Waals surface area contributed by atoms with E-state index in [2.05, 4.69) is 18.2 Å². The zero-order valence-corrected chi connectivity index (χ0v) is 7.75. The van der Waals surface area contributed by atoms with Crippen LogP contribution in [0.5, 0.6) is 0 Å². The summed E-state index contributed by atoms with van der Waals surface area (Å²) in [5, 5.41) is 0. The van der Waals surface area contributed by atoms with Crippen LogP contribution in [-0.4, -0.2) is 20.0 Å². The molecule has 0 amide bonds. The summed E-state index contributed by atoms with van der Waals surface area (Å²) < 4.78 is 4.96. The van der Waals surface area contributed by atoms with E-state index in [4.69, 9.17) is 9.53 Å². The lowest BCUT2D eigenvalue weighted by atomic mass is 10.1. The highest BCUT2D eigenvalue weighted by molar-refractivity contribution is 5.44. The molecule has 0 saturated carbocycles. The minimum atomic E-state index is 0.750. The number of rotatable bonds is 2. The maximum atomic E-state index is 8.81. The highest BCUT2D eigenvalue weighted by atomic mass is 16.5. The Labute approximate surface area is 73.9 Å². The fourth-order valence-corrected chi connectivity index (χ4v) is 0.941. The molecule has 68 valence electrons. The molecule has 12 heavy (non-hydrogen) atoms. The van der Waals surface area contributed by atoms with Gasteiger partial charge < -0.3 is 9.53 Å². The molecule has 0 N–H and O–H groups in total. The SMILES string of the molecule is CC=O.COCC1=CCCC=C1. The minimum Gasteiger partial charge on any atom is -0.380 e. The quantitative estimate of drug-likeness (QED) is 0.590. The summed E-state index contributed by atoms with van der Waals surface area (Å²) in [5.74, 6) is 0. The normalized spacial score (nSPS) is 14.3. The second-order valence-corrected chi connectivity index (χ2v) is 2.43. The summed E-state index contributed by atoms with van der Waals surface area (Å²) in [6.45, 7) is 2.20. The molecule has 0 spiro atoms. The molecule has 0 bridgehead atoms.